The van der Waals surface area contributed by atoms with E-state index in [2.05, 4.69) is 5.10 Å². The van der Waals surface area contributed by atoms with Crippen molar-refractivity contribution in [2.24, 2.45) is 10.5 Å². The molecule has 4 rings (SSSR count). The summed E-state index contributed by atoms with van der Waals surface area (Å²) in [4.78, 5) is 27.0. The van der Waals surface area contributed by atoms with Crippen LogP contribution in [-0.2, 0) is 15.7 Å². The van der Waals surface area contributed by atoms with Gasteiger partial charge in [0.15, 0.2) is 5.41 Å². The lowest BCUT2D eigenvalue weighted by Crippen LogP contribution is -2.51. The second-order valence-electron chi connectivity index (χ2n) is 7.40. The first-order valence-electron chi connectivity index (χ1n) is 9.39. The molecule has 0 N–H and O–H groups in total. The van der Waals surface area contributed by atoms with Crippen molar-refractivity contribution in [2.75, 3.05) is 32.2 Å². The zero-order valence-electron chi connectivity index (χ0n) is 16.9. The number of methoxy groups -OCH3 is 1. The van der Waals surface area contributed by atoms with Crippen molar-refractivity contribution < 1.29 is 32.2 Å². The van der Waals surface area contributed by atoms with Gasteiger partial charge in [-0.2, -0.15) is 18.3 Å². The highest BCUT2D eigenvalue weighted by Crippen LogP contribution is 2.42. The number of alkyl halides is 3. The number of hydrogen-bond acceptors (Lipinski definition) is 5. The molecule has 2 aliphatic rings. The fourth-order valence-electron chi connectivity index (χ4n) is 3.70. The minimum Gasteiger partial charge on any atom is -0.491 e. The van der Waals surface area contributed by atoms with Crippen molar-refractivity contribution in [3.05, 3.63) is 58.6 Å². The molecular formula is C21H17ClF3N3O4. The molecule has 2 aromatic carbocycles. The van der Waals surface area contributed by atoms with Gasteiger partial charge in [0.05, 0.1) is 24.9 Å². The van der Waals surface area contributed by atoms with Crippen LogP contribution >= 0.6 is 11.6 Å². The summed E-state index contributed by atoms with van der Waals surface area (Å²) in [6.07, 6.45) is -4.49. The van der Waals surface area contributed by atoms with E-state index in [-0.39, 0.29) is 18.8 Å². The number of halogens is 4. The molecule has 0 saturated heterocycles. The summed E-state index contributed by atoms with van der Waals surface area (Å²) < 4.78 is 49.2. The van der Waals surface area contributed by atoms with Gasteiger partial charge in [-0.1, -0.05) is 11.6 Å². The fourth-order valence-corrected chi connectivity index (χ4v) is 3.87. The third-order valence-corrected chi connectivity index (χ3v) is 5.67. The normalized spacial score (nSPS) is 19.4. The average Bonchev–Trinajstić information content (AvgIpc) is 3.18. The van der Waals surface area contributed by atoms with Gasteiger partial charge in [-0.25, -0.2) is 9.80 Å². The topological polar surface area (TPSA) is 71.4 Å². The predicted molar refractivity (Wildman–Crippen MR) is 110 cm³/mol. The molecule has 168 valence electrons. The molecule has 0 saturated carbocycles. The van der Waals surface area contributed by atoms with Gasteiger partial charge in [-0.3, -0.25) is 9.69 Å². The molecular weight excluding hydrogens is 451 g/mol. The molecule has 2 amide bonds. The van der Waals surface area contributed by atoms with Crippen LogP contribution in [0.2, 0.25) is 5.02 Å². The van der Waals surface area contributed by atoms with Gasteiger partial charge >= 0.3 is 18.2 Å². The molecule has 0 aromatic heterocycles. The van der Waals surface area contributed by atoms with Crippen molar-refractivity contribution >= 4 is 35.0 Å². The van der Waals surface area contributed by atoms with Gasteiger partial charge in [0.1, 0.15) is 12.4 Å². The van der Waals surface area contributed by atoms with Gasteiger partial charge in [0.25, 0.3) is 0 Å². The summed E-state index contributed by atoms with van der Waals surface area (Å²) in [5, 5.41) is 5.89. The minimum atomic E-state index is -4.49. The monoisotopic (exact) mass is 467 g/mol. The molecule has 0 spiro atoms. The minimum absolute atomic E-state index is 0.111. The van der Waals surface area contributed by atoms with E-state index >= 15 is 0 Å². The Morgan fingerprint density at radius 1 is 1.22 bits per heavy atom. The summed E-state index contributed by atoms with van der Waals surface area (Å²) in [5.74, 6) is -0.203. The summed E-state index contributed by atoms with van der Waals surface area (Å²) in [7, 11) is 2.63. The van der Waals surface area contributed by atoms with Crippen LogP contribution in [0.3, 0.4) is 0 Å². The van der Waals surface area contributed by atoms with E-state index in [4.69, 9.17) is 21.1 Å². The van der Waals surface area contributed by atoms with Crippen LogP contribution in [0.1, 0.15) is 11.1 Å². The third kappa shape index (κ3) is 3.54. The lowest BCUT2D eigenvalue weighted by Gasteiger charge is -2.32. The quantitative estimate of drug-likeness (QED) is 0.621. The SMILES string of the molecule is COC(=O)C12COc3cc(Cl)ccc3C1=NN(C(=O)N(C)c1ccc(C(F)(F)F)cc1)C2. The summed E-state index contributed by atoms with van der Waals surface area (Å²) in [6.45, 7) is -0.263. The number of benzene rings is 2. The predicted octanol–water partition coefficient (Wildman–Crippen LogP) is 4.19. The number of fused-ring (bicyclic) bond motifs is 3. The van der Waals surface area contributed by atoms with Crippen LogP contribution in [-0.4, -0.2) is 50.0 Å². The maximum Gasteiger partial charge on any atom is 0.416 e. The molecule has 1 atom stereocenters. The largest absolute Gasteiger partial charge is 0.491 e. The summed E-state index contributed by atoms with van der Waals surface area (Å²) in [6, 6.07) is 8.35. The van der Waals surface area contributed by atoms with Gasteiger partial charge in [0.2, 0.25) is 0 Å². The maximum absolute atomic E-state index is 13.1. The third-order valence-electron chi connectivity index (χ3n) is 5.43. The van der Waals surface area contributed by atoms with Crippen molar-refractivity contribution in [1.82, 2.24) is 5.01 Å². The van der Waals surface area contributed by atoms with Crippen molar-refractivity contribution in [3.8, 4) is 5.75 Å². The number of hydrazone groups is 1. The van der Waals surface area contributed by atoms with E-state index in [0.717, 1.165) is 22.0 Å². The van der Waals surface area contributed by atoms with Gasteiger partial charge < -0.3 is 9.47 Å². The Labute approximate surface area is 185 Å². The van der Waals surface area contributed by atoms with Gasteiger partial charge in [-0.05, 0) is 42.5 Å². The molecule has 2 aromatic rings. The number of urea groups is 1. The Morgan fingerprint density at radius 3 is 2.53 bits per heavy atom. The Balaban J connectivity index is 1.67. The molecule has 2 aliphatic heterocycles. The van der Waals surface area contributed by atoms with Crippen LogP contribution in [0.5, 0.6) is 5.75 Å². The van der Waals surface area contributed by atoms with Crippen molar-refractivity contribution in [3.63, 3.8) is 0 Å². The second kappa shape index (κ2) is 7.70. The molecule has 32 heavy (non-hydrogen) atoms. The van der Waals surface area contributed by atoms with Crippen molar-refractivity contribution in [1.29, 1.82) is 0 Å². The Bertz CT molecular complexity index is 1120. The number of carbonyl (C=O) groups excluding carboxylic acids is 2. The van der Waals surface area contributed by atoms with E-state index in [1.54, 1.807) is 18.2 Å². The number of esters is 1. The smallest absolute Gasteiger partial charge is 0.416 e. The number of ether oxygens (including phenoxy) is 2. The van der Waals surface area contributed by atoms with Gasteiger partial charge in [0, 0.05) is 23.3 Å². The number of hydrogen-bond donors (Lipinski definition) is 0. The molecule has 1 unspecified atom stereocenters. The van der Waals surface area contributed by atoms with Crippen LogP contribution in [0, 0.1) is 5.41 Å². The average molecular weight is 468 g/mol. The number of carbonyl (C=O) groups is 2. The first-order valence-corrected chi connectivity index (χ1v) is 9.77. The van der Waals surface area contributed by atoms with Crippen LogP contribution in [0.4, 0.5) is 23.7 Å². The summed E-state index contributed by atoms with van der Waals surface area (Å²) in [5.41, 5.74) is -1.14. The highest BCUT2D eigenvalue weighted by Gasteiger charge is 2.56. The van der Waals surface area contributed by atoms with Gasteiger partial charge in [-0.15, -0.1) is 0 Å². The van der Waals surface area contributed by atoms with Crippen molar-refractivity contribution in [2.45, 2.75) is 6.18 Å². The molecule has 0 radical (unpaired) electrons. The number of anilines is 1. The molecule has 7 nitrogen and oxygen atoms in total. The van der Waals surface area contributed by atoms with E-state index < -0.39 is 29.2 Å². The fraction of sp³-hybridized carbons (Fsp3) is 0.286. The molecule has 0 bridgehead atoms. The maximum atomic E-state index is 13.1. The van der Waals surface area contributed by atoms with Crippen LogP contribution < -0.4 is 9.64 Å². The Hall–Kier alpha value is -3.27. The molecule has 2 heterocycles. The first-order chi connectivity index (χ1) is 15.1. The Kier molecular flexibility index (Phi) is 5.28. The lowest BCUT2D eigenvalue weighted by atomic mass is 9.79. The van der Waals surface area contributed by atoms with E-state index in [1.165, 1.54) is 26.3 Å². The van der Waals surface area contributed by atoms with Crippen LogP contribution in [0.15, 0.2) is 47.6 Å². The number of amides is 2. The van der Waals surface area contributed by atoms with E-state index in [1.807, 2.05) is 0 Å². The standard InChI is InChI=1S/C21H17ClF3N3O4/c1-27(14-6-3-12(4-7-14)21(23,24)25)19(30)28-10-20(18(29)31-2)11-32-16-9-13(22)5-8-15(16)17(20)26-28/h3-9H,10-11H2,1-2H3. The summed E-state index contributed by atoms with van der Waals surface area (Å²) >= 11 is 6.02. The van der Waals surface area contributed by atoms with E-state index in [9.17, 15) is 22.8 Å². The van der Waals surface area contributed by atoms with E-state index in [0.29, 0.717) is 22.0 Å². The molecule has 0 fully saturated rings. The first kappa shape index (κ1) is 21.9. The highest BCUT2D eigenvalue weighted by molar-refractivity contribution is 6.31. The lowest BCUT2D eigenvalue weighted by molar-refractivity contribution is -0.150. The second-order valence-corrected chi connectivity index (χ2v) is 7.83. The zero-order chi connectivity index (χ0) is 23.3. The number of rotatable bonds is 2. The highest BCUT2D eigenvalue weighted by atomic mass is 35.5. The molecule has 0 aliphatic carbocycles. The Morgan fingerprint density at radius 2 is 1.91 bits per heavy atom. The zero-order valence-corrected chi connectivity index (χ0v) is 17.7. The molecule has 11 heteroatoms. The number of nitrogens with zero attached hydrogens (tertiary/aromatic N) is 3. The van der Waals surface area contributed by atoms with Crippen LogP contribution in [0.25, 0.3) is 0 Å².